The molecule has 1 aromatic carbocycles. The summed E-state index contributed by atoms with van der Waals surface area (Å²) in [6, 6.07) is 8.40. The van der Waals surface area contributed by atoms with Crippen LogP contribution in [0.3, 0.4) is 0 Å². The Labute approximate surface area is 148 Å². The van der Waals surface area contributed by atoms with Crippen LogP contribution in [0.5, 0.6) is 0 Å². The molecule has 6 heteroatoms. The molecule has 0 saturated heterocycles. The molecule has 1 amide bonds. The summed E-state index contributed by atoms with van der Waals surface area (Å²) in [5, 5.41) is 2.53. The van der Waals surface area contributed by atoms with Crippen molar-refractivity contribution in [3.05, 3.63) is 35.9 Å². The Morgan fingerprint density at radius 1 is 1.08 bits per heavy atom. The highest BCUT2D eigenvalue weighted by Crippen LogP contribution is 2.11. The number of hydrogen-bond donors (Lipinski definition) is 1. The lowest BCUT2D eigenvalue weighted by atomic mass is 9.98. The topological polar surface area (TPSA) is 81.7 Å². The predicted octanol–water partition coefficient (Wildman–Crippen LogP) is 3.24. The first-order valence-electron chi connectivity index (χ1n) is 8.30. The number of esters is 1. The number of amides is 1. The average Bonchev–Trinajstić information content (AvgIpc) is 2.49. The first-order valence-corrected chi connectivity index (χ1v) is 8.30. The van der Waals surface area contributed by atoms with Crippen LogP contribution in [0.2, 0.25) is 0 Å². The second kappa shape index (κ2) is 9.20. The van der Waals surface area contributed by atoms with Crippen molar-refractivity contribution in [2.24, 2.45) is 5.92 Å². The zero-order chi connectivity index (χ0) is 19.0. The number of ether oxygens (including phenoxy) is 2. The maximum atomic E-state index is 12.3. The molecule has 25 heavy (non-hydrogen) atoms. The molecule has 6 nitrogen and oxygen atoms in total. The van der Waals surface area contributed by atoms with Gasteiger partial charge in [-0.1, -0.05) is 44.2 Å². The van der Waals surface area contributed by atoms with Crippen molar-refractivity contribution in [3.63, 3.8) is 0 Å². The van der Waals surface area contributed by atoms with Gasteiger partial charge in [0.15, 0.2) is 5.78 Å². The van der Waals surface area contributed by atoms with Crippen molar-refractivity contribution in [3.8, 4) is 0 Å². The summed E-state index contributed by atoms with van der Waals surface area (Å²) in [5.41, 5.74) is 0.180. The number of Topliss-reactive ketones (excluding diaryl/α,β-unsaturated/α-hetero) is 1. The molecule has 1 N–H and O–H groups in total. The summed E-state index contributed by atoms with van der Waals surface area (Å²) in [6.45, 7) is 8.89. The fourth-order valence-corrected chi connectivity index (χ4v) is 2.09. The van der Waals surface area contributed by atoms with Crippen molar-refractivity contribution < 1.29 is 23.9 Å². The van der Waals surface area contributed by atoms with Crippen LogP contribution in [0.4, 0.5) is 4.79 Å². The van der Waals surface area contributed by atoms with Gasteiger partial charge in [0.25, 0.3) is 0 Å². The van der Waals surface area contributed by atoms with Gasteiger partial charge in [0.2, 0.25) is 0 Å². The number of hydrogen-bond acceptors (Lipinski definition) is 5. The predicted molar refractivity (Wildman–Crippen MR) is 93.9 cm³/mol. The number of alkyl carbamates (subject to hydrolysis) is 1. The molecule has 1 aromatic rings. The Morgan fingerprint density at radius 2 is 1.68 bits per heavy atom. The van der Waals surface area contributed by atoms with E-state index in [2.05, 4.69) is 5.32 Å². The molecular formula is C19H27NO5. The van der Waals surface area contributed by atoms with E-state index in [0.717, 1.165) is 5.56 Å². The quantitative estimate of drug-likeness (QED) is 0.604. The van der Waals surface area contributed by atoms with E-state index in [9.17, 15) is 14.4 Å². The highest BCUT2D eigenvalue weighted by molar-refractivity contribution is 5.99. The molecule has 0 saturated carbocycles. The van der Waals surface area contributed by atoms with Gasteiger partial charge in [-0.15, -0.1) is 0 Å². The number of ketones is 1. The van der Waals surface area contributed by atoms with Crippen LogP contribution in [0.15, 0.2) is 30.3 Å². The van der Waals surface area contributed by atoms with Gasteiger partial charge in [-0.2, -0.15) is 0 Å². The Bertz CT molecular complexity index is 590. The first-order chi connectivity index (χ1) is 11.6. The Balaban J connectivity index is 2.55. The maximum Gasteiger partial charge on any atom is 0.408 e. The third-order valence-electron chi connectivity index (χ3n) is 3.25. The van der Waals surface area contributed by atoms with Crippen molar-refractivity contribution >= 4 is 17.8 Å². The summed E-state index contributed by atoms with van der Waals surface area (Å²) in [6.07, 6.45) is -1.08. The molecule has 0 radical (unpaired) electrons. The van der Waals surface area contributed by atoms with Crippen LogP contribution < -0.4 is 5.32 Å². The van der Waals surface area contributed by atoms with Gasteiger partial charge in [-0.05, 0) is 32.3 Å². The lowest BCUT2D eigenvalue weighted by Crippen LogP contribution is -2.47. The summed E-state index contributed by atoms with van der Waals surface area (Å²) in [7, 11) is 0. The molecule has 0 unspecified atom stereocenters. The SMILES string of the molecule is CC(C)[C@H](NC(=O)OC(C)(C)C)C(=O)CC(=O)OCc1ccccc1. The van der Waals surface area contributed by atoms with E-state index >= 15 is 0 Å². The van der Waals surface area contributed by atoms with Gasteiger partial charge >= 0.3 is 12.1 Å². The molecule has 1 atom stereocenters. The van der Waals surface area contributed by atoms with Crippen molar-refractivity contribution in [2.45, 2.75) is 59.3 Å². The number of carbonyl (C=O) groups excluding carboxylic acids is 3. The third kappa shape index (κ3) is 8.33. The molecule has 0 aliphatic heterocycles. The van der Waals surface area contributed by atoms with Crippen molar-refractivity contribution in [1.82, 2.24) is 5.32 Å². The summed E-state index contributed by atoms with van der Waals surface area (Å²) < 4.78 is 10.3. The van der Waals surface area contributed by atoms with Gasteiger partial charge in [0.05, 0.1) is 6.04 Å². The summed E-state index contributed by atoms with van der Waals surface area (Å²) >= 11 is 0. The lowest BCUT2D eigenvalue weighted by molar-refractivity contribution is -0.147. The second-order valence-electron chi connectivity index (χ2n) is 7.16. The molecule has 0 spiro atoms. The lowest BCUT2D eigenvalue weighted by Gasteiger charge is -2.24. The van der Waals surface area contributed by atoms with Crippen LogP contribution in [0.25, 0.3) is 0 Å². The van der Waals surface area contributed by atoms with E-state index in [4.69, 9.17) is 9.47 Å². The minimum Gasteiger partial charge on any atom is -0.460 e. The van der Waals surface area contributed by atoms with Crippen molar-refractivity contribution in [1.29, 1.82) is 0 Å². The van der Waals surface area contributed by atoms with E-state index in [-0.39, 0.29) is 12.5 Å². The molecule has 0 fully saturated rings. The van der Waals surface area contributed by atoms with Gasteiger partial charge < -0.3 is 14.8 Å². The Hall–Kier alpha value is -2.37. The molecule has 0 heterocycles. The van der Waals surface area contributed by atoms with E-state index in [1.54, 1.807) is 34.6 Å². The zero-order valence-corrected chi connectivity index (χ0v) is 15.5. The van der Waals surface area contributed by atoms with Crippen LogP contribution in [0.1, 0.15) is 46.6 Å². The van der Waals surface area contributed by atoms with E-state index in [1.807, 2.05) is 30.3 Å². The summed E-state index contributed by atoms with van der Waals surface area (Å²) in [4.78, 5) is 36.1. The van der Waals surface area contributed by atoms with Crippen molar-refractivity contribution in [2.75, 3.05) is 0 Å². The second-order valence-corrected chi connectivity index (χ2v) is 7.16. The van der Waals surface area contributed by atoms with Gasteiger partial charge in [-0.25, -0.2) is 4.79 Å². The summed E-state index contributed by atoms with van der Waals surface area (Å²) in [5.74, 6) is -1.20. The number of benzene rings is 1. The Morgan fingerprint density at radius 3 is 2.20 bits per heavy atom. The van der Waals surface area contributed by atoms with Crippen LogP contribution in [-0.4, -0.2) is 29.5 Å². The first kappa shape index (κ1) is 20.7. The Kier molecular flexibility index (Phi) is 7.61. The molecule has 0 aliphatic rings. The van der Waals surface area contributed by atoms with Crippen LogP contribution in [0, 0.1) is 5.92 Å². The minimum absolute atomic E-state index is 0.110. The molecule has 138 valence electrons. The number of nitrogens with one attached hydrogen (secondary N) is 1. The largest absolute Gasteiger partial charge is 0.460 e. The monoisotopic (exact) mass is 349 g/mol. The fraction of sp³-hybridized carbons (Fsp3) is 0.526. The van der Waals surface area contributed by atoms with Gasteiger partial charge in [-0.3, -0.25) is 9.59 Å². The maximum absolute atomic E-state index is 12.3. The normalized spacial score (nSPS) is 12.4. The molecule has 0 bridgehead atoms. The standard InChI is InChI=1S/C19H27NO5/c1-13(2)17(20-18(23)25-19(3,4)5)15(21)11-16(22)24-12-14-9-7-6-8-10-14/h6-10,13,17H,11-12H2,1-5H3,(H,20,23)/t17-/m0/s1. The molecule has 0 aliphatic carbocycles. The molecule has 1 rings (SSSR count). The molecule has 0 aromatic heterocycles. The molecular weight excluding hydrogens is 322 g/mol. The average molecular weight is 349 g/mol. The van der Waals surface area contributed by atoms with Crippen LogP contribution >= 0.6 is 0 Å². The van der Waals surface area contributed by atoms with E-state index in [1.165, 1.54) is 0 Å². The highest BCUT2D eigenvalue weighted by atomic mass is 16.6. The fourth-order valence-electron chi connectivity index (χ4n) is 2.09. The van der Waals surface area contributed by atoms with E-state index in [0.29, 0.717) is 0 Å². The zero-order valence-electron chi connectivity index (χ0n) is 15.5. The number of carbonyl (C=O) groups is 3. The number of rotatable bonds is 7. The van der Waals surface area contributed by atoms with Gasteiger partial charge in [0.1, 0.15) is 18.6 Å². The van der Waals surface area contributed by atoms with Gasteiger partial charge in [0, 0.05) is 0 Å². The third-order valence-corrected chi connectivity index (χ3v) is 3.25. The highest BCUT2D eigenvalue weighted by Gasteiger charge is 2.28. The minimum atomic E-state index is -0.806. The van der Waals surface area contributed by atoms with E-state index < -0.39 is 35.9 Å². The van der Waals surface area contributed by atoms with Crippen LogP contribution in [-0.2, 0) is 25.7 Å². The smallest absolute Gasteiger partial charge is 0.408 e.